The highest BCUT2D eigenvalue weighted by molar-refractivity contribution is 7.89. The van der Waals surface area contributed by atoms with Gasteiger partial charge in [0.1, 0.15) is 11.9 Å². The molecular formula is C18H23N3O4S. The van der Waals surface area contributed by atoms with Crippen molar-refractivity contribution >= 4 is 10.0 Å². The monoisotopic (exact) mass is 377 g/mol. The van der Waals surface area contributed by atoms with Gasteiger partial charge in [0, 0.05) is 25.5 Å². The third-order valence-corrected chi connectivity index (χ3v) is 6.12. The van der Waals surface area contributed by atoms with Crippen LogP contribution in [0.25, 0.3) is 0 Å². The molecule has 0 N–H and O–H groups in total. The predicted molar refractivity (Wildman–Crippen MR) is 96.8 cm³/mol. The molecule has 3 rings (SSSR count). The summed E-state index contributed by atoms with van der Waals surface area (Å²) in [5.74, 6) is 0.664. The second kappa shape index (κ2) is 8.01. The quantitative estimate of drug-likeness (QED) is 0.769. The Kier molecular flexibility index (Phi) is 5.73. The van der Waals surface area contributed by atoms with E-state index in [-0.39, 0.29) is 11.0 Å². The maximum atomic E-state index is 12.8. The molecule has 1 saturated heterocycles. The van der Waals surface area contributed by atoms with Crippen molar-refractivity contribution < 1.29 is 17.9 Å². The third-order valence-electron chi connectivity index (χ3n) is 4.20. The van der Waals surface area contributed by atoms with E-state index in [4.69, 9.17) is 9.47 Å². The Labute approximate surface area is 154 Å². The minimum absolute atomic E-state index is 0.0792. The number of hydrogen-bond donors (Lipinski definition) is 0. The fourth-order valence-electron chi connectivity index (χ4n) is 2.80. The van der Waals surface area contributed by atoms with E-state index in [0.717, 1.165) is 5.56 Å². The average molecular weight is 377 g/mol. The molecule has 26 heavy (non-hydrogen) atoms. The highest BCUT2D eigenvalue weighted by atomic mass is 32.2. The van der Waals surface area contributed by atoms with Crippen LogP contribution in [0.15, 0.2) is 41.6 Å². The molecule has 2 heterocycles. The van der Waals surface area contributed by atoms with Gasteiger partial charge in [0.15, 0.2) is 0 Å². The van der Waals surface area contributed by atoms with Crippen molar-refractivity contribution in [3.63, 3.8) is 0 Å². The fourth-order valence-corrected chi connectivity index (χ4v) is 4.27. The SMILES string of the molecule is CCOc1ccc(S(=O)(=O)N2CCC(Oc3ncc(C)cn3)CC2)cc1. The topological polar surface area (TPSA) is 81.6 Å². The summed E-state index contributed by atoms with van der Waals surface area (Å²) in [4.78, 5) is 8.55. The molecule has 0 bridgehead atoms. The van der Waals surface area contributed by atoms with Crippen LogP contribution in [-0.4, -0.2) is 48.5 Å². The van der Waals surface area contributed by atoms with Crippen LogP contribution in [-0.2, 0) is 10.0 Å². The summed E-state index contributed by atoms with van der Waals surface area (Å²) < 4.78 is 38.2. The summed E-state index contributed by atoms with van der Waals surface area (Å²) in [6.07, 6.45) is 4.53. The van der Waals surface area contributed by atoms with E-state index in [0.29, 0.717) is 44.3 Å². The maximum absolute atomic E-state index is 12.8. The lowest BCUT2D eigenvalue weighted by atomic mass is 10.1. The maximum Gasteiger partial charge on any atom is 0.316 e. The van der Waals surface area contributed by atoms with Crippen LogP contribution in [0.2, 0.25) is 0 Å². The first-order valence-electron chi connectivity index (χ1n) is 8.67. The van der Waals surface area contributed by atoms with Crippen molar-refractivity contribution in [1.82, 2.24) is 14.3 Å². The number of hydrogen-bond acceptors (Lipinski definition) is 6. The molecule has 0 saturated carbocycles. The van der Waals surface area contributed by atoms with Crippen molar-refractivity contribution in [2.24, 2.45) is 0 Å². The van der Waals surface area contributed by atoms with Crippen molar-refractivity contribution in [3.8, 4) is 11.8 Å². The molecule has 7 nitrogen and oxygen atoms in total. The molecule has 0 spiro atoms. The van der Waals surface area contributed by atoms with Gasteiger partial charge in [-0.15, -0.1) is 0 Å². The Morgan fingerprint density at radius 2 is 1.73 bits per heavy atom. The molecule has 1 aromatic carbocycles. The zero-order valence-corrected chi connectivity index (χ0v) is 15.8. The largest absolute Gasteiger partial charge is 0.494 e. The van der Waals surface area contributed by atoms with Crippen LogP contribution in [0.5, 0.6) is 11.8 Å². The Balaban J connectivity index is 1.60. The lowest BCUT2D eigenvalue weighted by Gasteiger charge is -2.30. The molecule has 0 amide bonds. The molecule has 0 atom stereocenters. The third kappa shape index (κ3) is 4.31. The standard InChI is InChI=1S/C18H23N3O4S/c1-3-24-15-4-6-17(7-5-15)26(22,23)21-10-8-16(9-11-21)25-18-19-12-14(2)13-20-18/h4-7,12-13,16H,3,8-11H2,1-2H3. The first kappa shape index (κ1) is 18.6. The molecule has 140 valence electrons. The molecule has 0 unspecified atom stereocenters. The first-order valence-corrected chi connectivity index (χ1v) is 10.1. The van der Waals surface area contributed by atoms with E-state index < -0.39 is 10.0 Å². The number of aromatic nitrogens is 2. The number of nitrogens with zero attached hydrogens (tertiary/aromatic N) is 3. The summed E-state index contributed by atoms with van der Waals surface area (Å²) in [5, 5.41) is 0. The van der Waals surface area contributed by atoms with Gasteiger partial charge in [-0.1, -0.05) is 0 Å². The molecular weight excluding hydrogens is 354 g/mol. The van der Waals surface area contributed by atoms with Gasteiger partial charge in [-0.3, -0.25) is 0 Å². The van der Waals surface area contributed by atoms with E-state index in [1.165, 1.54) is 4.31 Å². The van der Waals surface area contributed by atoms with Crippen molar-refractivity contribution in [2.45, 2.75) is 37.7 Å². The zero-order chi connectivity index (χ0) is 18.6. The van der Waals surface area contributed by atoms with Crippen LogP contribution >= 0.6 is 0 Å². The Hall–Kier alpha value is -2.19. The van der Waals surface area contributed by atoms with Gasteiger partial charge >= 0.3 is 6.01 Å². The van der Waals surface area contributed by atoms with E-state index in [2.05, 4.69) is 9.97 Å². The molecule has 1 aliphatic rings. The van der Waals surface area contributed by atoms with Gasteiger partial charge < -0.3 is 9.47 Å². The smallest absolute Gasteiger partial charge is 0.316 e. The molecule has 0 radical (unpaired) electrons. The molecule has 1 aromatic heterocycles. The second-order valence-corrected chi connectivity index (χ2v) is 8.11. The van der Waals surface area contributed by atoms with Crippen molar-refractivity contribution in [1.29, 1.82) is 0 Å². The van der Waals surface area contributed by atoms with Crippen LogP contribution in [0.1, 0.15) is 25.3 Å². The Morgan fingerprint density at radius 3 is 2.31 bits per heavy atom. The number of sulfonamides is 1. The molecule has 2 aromatic rings. The Bertz CT molecular complexity index is 815. The number of piperidine rings is 1. The normalized spacial score (nSPS) is 16.4. The van der Waals surface area contributed by atoms with Crippen LogP contribution in [0.4, 0.5) is 0 Å². The average Bonchev–Trinajstić information content (AvgIpc) is 2.65. The number of aryl methyl sites for hydroxylation is 1. The summed E-state index contributed by atoms with van der Waals surface area (Å²) in [5.41, 5.74) is 0.966. The summed E-state index contributed by atoms with van der Waals surface area (Å²) in [7, 11) is -3.50. The van der Waals surface area contributed by atoms with Crippen LogP contribution in [0.3, 0.4) is 0 Å². The van der Waals surface area contributed by atoms with Gasteiger partial charge in [0.05, 0.1) is 11.5 Å². The van der Waals surface area contributed by atoms with Gasteiger partial charge in [-0.05, 0) is 56.5 Å². The first-order chi connectivity index (χ1) is 12.5. The number of benzene rings is 1. The lowest BCUT2D eigenvalue weighted by molar-refractivity contribution is 0.124. The summed E-state index contributed by atoms with van der Waals surface area (Å²) in [6, 6.07) is 6.87. The fraction of sp³-hybridized carbons (Fsp3) is 0.444. The minimum atomic E-state index is -3.50. The van der Waals surface area contributed by atoms with Crippen LogP contribution in [0, 0.1) is 6.92 Å². The van der Waals surface area contributed by atoms with E-state index in [9.17, 15) is 8.42 Å². The predicted octanol–water partition coefficient (Wildman–Crippen LogP) is 2.42. The number of rotatable bonds is 6. The minimum Gasteiger partial charge on any atom is -0.494 e. The van der Waals surface area contributed by atoms with Crippen molar-refractivity contribution in [3.05, 3.63) is 42.2 Å². The molecule has 1 aliphatic heterocycles. The van der Waals surface area contributed by atoms with Gasteiger partial charge in [0.25, 0.3) is 0 Å². The van der Waals surface area contributed by atoms with Gasteiger partial charge in [0.2, 0.25) is 10.0 Å². The molecule has 1 fully saturated rings. The molecule has 8 heteroatoms. The zero-order valence-electron chi connectivity index (χ0n) is 15.0. The highest BCUT2D eigenvalue weighted by Crippen LogP contribution is 2.24. The molecule has 0 aliphatic carbocycles. The second-order valence-electron chi connectivity index (χ2n) is 6.17. The van der Waals surface area contributed by atoms with E-state index in [1.807, 2.05) is 13.8 Å². The van der Waals surface area contributed by atoms with E-state index >= 15 is 0 Å². The summed E-state index contributed by atoms with van der Waals surface area (Å²) in [6.45, 7) is 5.16. The van der Waals surface area contributed by atoms with E-state index in [1.54, 1.807) is 36.7 Å². The number of ether oxygens (including phenoxy) is 2. The van der Waals surface area contributed by atoms with Crippen LogP contribution < -0.4 is 9.47 Å². The highest BCUT2D eigenvalue weighted by Gasteiger charge is 2.30. The van der Waals surface area contributed by atoms with Gasteiger partial charge in [-0.25, -0.2) is 18.4 Å². The van der Waals surface area contributed by atoms with Crippen molar-refractivity contribution in [2.75, 3.05) is 19.7 Å². The lowest BCUT2D eigenvalue weighted by Crippen LogP contribution is -2.41. The Morgan fingerprint density at radius 1 is 1.12 bits per heavy atom. The summed E-state index contributed by atoms with van der Waals surface area (Å²) >= 11 is 0. The van der Waals surface area contributed by atoms with Gasteiger partial charge in [-0.2, -0.15) is 4.31 Å².